The van der Waals surface area contributed by atoms with E-state index in [1.807, 2.05) is 36.7 Å². The summed E-state index contributed by atoms with van der Waals surface area (Å²) in [5.41, 5.74) is 6.80. The van der Waals surface area contributed by atoms with E-state index in [0.29, 0.717) is 17.9 Å². The molecule has 1 unspecified atom stereocenters. The van der Waals surface area contributed by atoms with Crippen LogP contribution in [0.15, 0.2) is 60.9 Å². The van der Waals surface area contributed by atoms with Gasteiger partial charge in [0, 0.05) is 18.2 Å². The number of rotatable bonds is 4. The molecule has 0 bridgehead atoms. The van der Waals surface area contributed by atoms with E-state index in [1.54, 1.807) is 11.6 Å². The number of fused-ring (bicyclic) bond motifs is 2. The molecule has 0 saturated heterocycles. The van der Waals surface area contributed by atoms with Crippen LogP contribution in [0, 0.1) is 0 Å². The van der Waals surface area contributed by atoms with Crippen LogP contribution in [0.25, 0.3) is 16.8 Å². The summed E-state index contributed by atoms with van der Waals surface area (Å²) >= 11 is 0. The number of carbonyl (C=O) groups excluding carboxylic acids is 1. The van der Waals surface area contributed by atoms with Gasteiger partial charge in [0.05, 0.1) is 24.6 Å². The van der Waals surface area contributed by atoms with Crippen LogP contribution < -0.4 is 4.74 Å². The molecule has 5 rings (SSSR count). The summed E-state index contributed by atoms with van der Waals surface area (Å²) in [6, 6.07) is 16.5. The van der Waals surface area contributed by atoms with E-state index in [4.69, 9.17) is 9.72 Å². The van der Waals surface area contributed by atoms with Crippen molar-refractivity contribution in [3.63, 3.8) is 0 Å². The first kappa shape index (κ1) is 19.5. The summed E-state index contributed by atoms with van der Waals surface area (Å²) in [5, 5.41) is 4.45. The summed E-state index contributed by atoms with van der Waals surface area (Å²) < 4.78 is 6.98. The molecule has 2 aromatic heterocycles. The van der Waals surface area contributed by atoms with E-state index in [-0.39, 0.29) is 11.7 Å². The maximum atomic E-state index is 12.9. The smallest absolute Gasteiger partial charge is 0.166 e. The molecule has 31 heavy (non-hydrogen) atoms. The zero-order valence-corrected chi connectivity index (χ0v) is 18.0. The number of carbonyl (C=O) groups is 1. The van der Waals surface area contributed by atoms with Crippen molar-refractivity contribution in [3.8, 4) is 16.9 Å². The Morgan fingerprint density at radius 2 is 1.74 bits per heavy atom. The highest BCUT2D eigenvalue weighted by Gasteiger charge is 2.28. The lowest BCUT2D eigenvalue weighted by molar-refractivity contribution is 0.0962. The molecular formula is C26H25N3O2. The molecule has 0 saturated carbocycles. The fourth-order valence-corrected chi connectivity index (χ4v) is 4.34. The van der Waals surface area contributed by atoms with Gasteiger partial charge in [-0.3, -0.25) is 4.79 Å². The summed E-state index contributed by atoms with van der Waals surface area (Å²) in [6.45, 7) is 4.38. The normalized spacial score (nSPS) is 16.0. The predicted octanol–water partition coefficient (Wildman–Crippen LogP) is 5.44. The fourth-order valence-electron chi connectivity index (χ4n) is 4.34. The molecule has 0 amide bonds. The van der Waals surface area contributed by atoms with Gasteiger partial charge in [-0.15, -0.1) is 0 Å². The third kappa shape index (κ3) is 3.50. The van der Waals surface area contributed by atoms with E-state index in [0.717, 1.165) is 34.6 Å². The van der Waals surface area contributed by atoms with Crippen LogP contribution in [0.1, 0.15) is 59.3 Å². The first-order valence-electron chi connectivity index (χ1n) is 10.7. The molecule has 0 fully saturated rings. The van der Waals surface area contributed by atoms with Crippen molar-refractivity contribution in [2.75, 3.05) is 7.11 Å². The Morgan fingerprint density at radius 1 is 1.00 bits per heavy atom. The Labute approximate surface area is 181 Å². The van der Waals surface area contributed by atoms with Gasteiger partial charge in [-0.25, -0.2) is 9.50 Å². The van der Waals surface area contributed by atoms with Crippen LogP contribution in [-0.2, 0) is 6.42 Å². The second-order valence-corrected chi connectivity index (χ2v) is 8.51. The number of Topliss-reactive ketones (excluding diaryl/α,β-unsaturated/α-hetero) is 1. The minimum absolute atomic E-state index is 0.134. The first-order valence-corrected chi connectivity index (χ1v) is 10.7. The van der Waals surface area contributed by atoms with Gasteiger partial charge >= 0.3 is 0 Å². The molecule has 1 aliphatic rings. The topological polar surface area (TPSA) is 56.5 Å². The zero-order valence-electron chi connectivity index (χ0n) is 18.0. The van der Waals surface area contributed by atoms with Gasteiger partial charge in [-0.05, 0) is 47.1 Å². The van der Waals surface area contributed by atoms with Gasteiger partial charge in [0.1, 0.15) is 5.75 Å². The lowest BCUT2D eigenvalue weighted by Crippen LogP contribution is -2.21. The minimum atomic E-state index is 0.134. The average molecular weight is 412 g/mol. The van der Waals surface area contributed by atoms with Gasteiger partial charge in [0.15, 0.2) is 11.4 Å². The van der Waals surface area contributed by atoms with E-state index in [9.17, 15) is 4.79 Å². The van der Waals surface area contributed by atoms with Gasteiger partial charge in [0.2, 0.25) is 0 Å². The molecule has 5 nitrogen and oxygen atoms in total. The van der Waals surface area contributed by atoms with Crippen LogP contribution >= 0.6 is 0 Å². The Morgan fingerprint density at radius 3 is 2.42 bits per heavy atom. The maximum absolute atomic E-state index is 12.9. The molecule has 156 valence electrons. The molecule has 4 aromatic rings. The molecule has 1 atom stereocenters. The van der Waals surface area contributed by atoms with Crippen molar-refractivity contribution >= 4 is 11.4 Å². The molecule has 0 aliphatic heterocycles. The van der Waals surface area contributed by atoms with Crippen molar-refractivity contribution < 1.29 is 9.53 Å². The van der Waals surface area contributed by atoms with Gasteiger partial charge < -0.3 is 4.74 Å². The number of nitrogens with zero attached hydrogens (tertiary/aromatic N) is 3. The number of aromatic nitrogens is 3. The van der Waals surface area contributed by atoms with Crippen molar-refractivity contribution in [1.82, 2.24) is 14.6 Å². The van der Waals surface area contributed by atoms with Gasteiger partial charge in [-0.1, -0.05) is 50.2 Å². The summed E-state index contributed by atoms with van der Waals surface area (Å²) in [7, 11) is 1.65. The largest absolute Gasteiger partial charge is 0.497 e. The van der Waals surface area contributed by atoms with E-state index in [2.05, 4.69) is 43.2 Å². The van der Waals surface area contributed by atoms with Crippen LogP contribution in [0.2, 0.25) is 0 Å². The first-order chi connectivity index (χ1) is 15.0. The van der Waals surface area contributed by atoms with E-state index < -0.39 is 0 Å². The van der Waals surface area contributed by atoms with Crippen LogP contribution in [0.4, 0.5) is 0 Å². The van der Waals surface area contributed by atoms with Crippen LogP contribution in [-0.4, -0.2) is 27.5 Å². The molecule has 0 spiro atoms. The second-order valence-electron chi connectivity index (χ2n) is 8.51. The molecule has 5 heteroatoms. The monoisotopic (exact) mass is 411 g/mol. The molecular weight excluding hydrogens is 386 g/mol. The van der Waals surface area contributed by atoms with E-state index in [1.165, 1.54) is 11.1 Å². The van der Waals surface area contributed by atoms with Crippen LogP contribution in [0.3, 0.4) is 0 Å². The van der Waals surface area contributed by atoms with Crippen molar-refractivity contribution in [2.45, 2.75) is 38.5 Å². The second kappa shape index (κ2) is 7.65. The van der Waals surface area contributed by atoms with Gasteiger partial charge in [0.25, 0.3) is 0 Å². The third-order valence-corrected chi connectivity index (χ3v) is 6.22. The van der Waals surface area contributed by atoms with E-state index >= 15 is 0 Å². The van der Waals surface area contributed by atoms with Crippen molar-refractivity contribution in [2.24, 2.45) is 0 Å². The van der Waals surface area contributed by atoms with Crippen LogP contribution in [0.5, 0.6) is 5.75 Å². The summed E-state index contributed by atoms with van der Waals surface area (Å²) in [5.74, 6) is 1.59. The Kier molecular flexibility index (Phi) is 4.81. The number of benzene rings is 2. The minimum Gasteiger partial charge on any atom is -0.497 e. The number of ether oxygens (including phenoxy) is 1. The number of hydrogen-bond donors (Lipinski definition) is 0. The molecule has 0 radical (unpaired) electrons. The predicted molar refractivity (Wildman–Crippen MR) is 121 cm³/mol. The van der Waals surface area contributed by atoms with Crippen molar-refractivity contribution in [1.29, 1.82) is 0 Å². The zero-order chi connectivity index (χ0) is 21.5. The highest BCUT2D eigenvalue weighted by atomic mass is 16.5. The highest BCUT2D eigenvalue weighted by molar-refractivity contribution is 5.99. The Bertz CT molecular complexity index is 1250. The number of ketones is 1. The fraction of sp³-hybridized carbons (Fsp3) is 0.269. The summed E-state index contributed by atoms with van der Waals surface area (Å²) in [4.78, 5) is 17.9. The average Bonchev–Trinajstić information content (AvgIpc) is 3.21. The Hall–Kier alpha value is -3.47. The molecule has 2 aromatic carbocycles. The molecule has 2 heterocycles. The third-order valence-electron chi connectivity index (χ3n) is 6.22. The molecule has 1 aliphatic carbocycles. The van der Waals surface area contributed by atoms with Gasteiger partial charge in [-0.2, -0.15) is 5.10 Å². The van der Waals surface area contributed by atoms with Crippen molar-refractivity contribution in [3.05, 3.63) is 83.3 Å². The quantitative estimate of drug-likeness (QED) is 0.449. The SMILES string of the molecule is COc1ccc(-c2cnn3cc4c(nc23)CC(c2ccc(C(C)C)cc2)CC4=O)cc1. The standard InChI is InChI=1S/C26H25N3O2/c1-16(2)17-4-6-18(7-5-17)20-12-24-23(25(30)13-20)15-29-26(28-24)22(14-27-29)19-8-10-21(31-3)11-9-19/h4-11,14-16,20H,12-13H2,1-3H3. The lowest BCUT2D eigenvalue weighted by Gasteiger charge is -2.23. The Balaban J connectivity index is 1.51. The lowest BCUT2D eigenvalue weighted by atomic mass is 9.81. The number of hydrogen-bond acceptors (Lipinski definition) is 4. The summed E-state index contributed by atoms with van der Waals surface area (Å²) in [6.07, 6.45) is 4.91. The molecule has 0 N–H and O–H groups in total. The number of methoxy groups -OCH3 is 1. The highest BCUT2D eigenvalue weighted by Crippen LogP contribution is 2.34. The maximum Gasteiger partial charge on any atom is 0.166 e.